The summed E-state index contributed by atoms with van der Waals surface area (Å²) < 4.78 is 7.14. The zero-order chi connectivity index (χ0) is 11.7. The maximum Gasteiger partial charge on any atom is 0.147 e. The number of fused-ring (bicyclic) bond motifs is 1. The number of rotatable bonds is 2. The number of aryl methyl sites for hydroxylation is 1. The number of imidazole rings is 1. The largest absolute Gasteiger partial charge is 0.460 e. The Morgan fingerprint density at radius 1 is 1.24 bits per heavy atom. The zero-order valence-corrected chi connectivity index (χ0v) is 9.37. The highest BCUT2D eigenvalue weighted by atomic mass is 16.3. The van der Waals surface area contributed by atoms with Gasteiger partial charge < -0.3 is 4.42 Å². The Morgan fingerprint density at radius 3 is 2.94 bits per heavy atom. The Bertz CT molecular complexity index is 679. The number of hydrogen-bond acceptors (Lipinski definition) is 3. The highest BCUT2D eigenvalue weighted by Gasteiger charge is 1.99. The molecule has 0 N–H and O–H groups in total. The number of hydrogen-bond donors (Lipinski definition) is 0. The zero-order valence-electron chi connectivity index (χ0n) is 9.37. The van der Waals surface area contributed by atoms with Gasteiger partial charge in [-0.3, -0.25) is 0 Å². The van der Waals surface area contributed by atoms with Crippen LogP contribution in [0.4, 0.5) is 0 Å². The van der Waals surface area contributed by atoms with Gasteiger partial charge in [0.2, 0.25) is 0 Å². The molecule has 0 aliphatic rings. The SMILES string of the molecule is Cc1ccc(/C=N\n2cnc3ccccc32)o1. The van der Waals surface area contributed by atoms with E-state index in [-0.39, 0.29) is 0 Å². The van der Waals surface area contributed by atoms with E-state index in [1.165, 1.54) is 0 Å². The van der Waals surface area contributed by atoms with Crippen molar-refractivity contribution in [2.24, 2.45) is 5.10 Å². The molecule has 0 saturated heterocycles. The number of para-hydroxylation sites is 2. The van der Waals surface area contributed by atoms with Crippen molar-refractivity contribution in [1.29, 1.82) is 0 Å². The Hall–Kier alpha value is -2.36. The first-order valence-electron chi connectivity index (χ1n) is 5.36. The number of aromatic nitrogens is 2. The lowest BCUT2D eigenvalue weighted by Crippen LogP contribution is -1.87. The van der Waals surface area contributed by atoms with Crippen molar-refractivity contribution in [1.82, 2.24) is 9.66 Å². The van der Waals surface area contributed by atoms with Gasteiger partial charge in [0.15, 0.2) is 0 Å². The van der Waals surface area contributed by atoms with E-state index >= 15 is 0 Å². The van der Waals surface area contributed by atoms with Gasteiger partial charge in [-0.25, -0.2) is 9.66 Å². The van der Waals surface area contributed by atoms with Crippen LogP contribution in [-0.2, 0) is 0 Å². The average molecular weight is 225 g/mol. The lowest BCUT2D eigenvalue weighted by atomic mass is 10.3. The molecule has 0 amide bonds. The maximum absolute atomic E-state index is 5.41. The molecule has 0 aliphatic heterocycles. The lowest BCUT2D eigenvalue weighted by Gasteiger charge is -1.93. The molecule has 17 heavy (non-hydrogen) atoms. The first kappa shape index (κ1) is 9.84. The van der Waals surface area contributed by atoms with E-state index in [0.29, 0.717) is 0 Å². The van der Waals surface area contributed by atoms with Crippen molar-refractivity contribution in [3.8, 4) is 0 Å². The van der Waals surface area contributed by atoms with Crippen LogP contribution in [0.3, 0.4) is 0 Å². The molecule has 2 heterocycles. The summed E-state index contributed by atoms with van der Waals surface area (Å²) in [5, 5.41) is 4.31. The molecule has 0 fully saturated rings. The van der Waals surface area contributed by atoms with Gasteiger partial charge in [0, 0.05) is 0 Å². The van der Waals surface area contributed by atoms with E-state index in [9.17, 15) is 0 Å². The van der Waals surface area contributed by atoms with Crippen molar-refractivity contribution in [3.05, 3.63) is 54.2 Å². The van der Waals surface area contributed by atoms with Gasteiger partial charge in [-0.05, 0) is 31.2 Å². The molecule has 3 aromatic rings. The molecular weight excluding hydrogens is 214 g/mol. The monoisotopic (exact) mass is 225 g/mol. The number of nitrogens with zero attached hydrogens (tertiary/aromatic N) is 3. The Morgan fingerprint density at radius 2 is 2.12 bits per heavy atom. The minimum Gasteiger partial charge on any atom is -0.460 e. The molecular formula is C13H11N3O. The molecule has 0 bridgehead atoms. The normalized spacial score (nSPS) is 11.6. The van der Waals surface area contributed by atoms with Gasteiger partial charge in [0.1, 0.15) is 17.8 Å². The van der Waals surface area contributed by atoms with Gasteiger partial charge in [-0.1, -0.05) is 12.1 Å². The second-order valence-electron chi connectivity index (χ2n) is 3.77. The Kier molecular flexibility index (Phi) is 2.26. The van der Waals surface area contributed by atoms with Crippen molar-refractivity contribution in [3.63, 3.8) is 0 Å². The molecule has 0 unspecified atom stereocenters. The summed E-state index contributed by atoms with van der Waals surface area (Å²) >= 11 is 0. The van der Waals surface area contributed by atoms with Gasteiger partial charge in [-0.2, -0.15) is 5.10 Å². The van der Waals surface area contributed by atoms with Gasteiger partial charge in [0.25, 0.3) is 0 Å². The number of furan rings is 1. The third-order valence-corrected chi connectivity index (χ3v) is 2.51. The summed E-state index contributed by atoms with van der Waals surface area (Å²) in [5.74, 6) is 1.61. The van der Waals surface area contributed by atoms with Crippen LogP contribution < -0.4 is 0 Å². The van der Waals surface area contributed by atoms with Crippen molar-refractivity contribution in [2.45, 2.75) is 6.92 Å². The molecule has 0 atom stereocenters. The summed E-state index contributed by atoms with van der Waals surface area (Å²) in [4.78, 5) is 4.25. The molecule has 0 aliphatic carbocycles. The van der Waals surface area contributed by atoms with E-state index < -0.39 is 0 Å². The second-order valence-corrected chi connectivity index (χ2v) is 3.77. The molecule has 4 heteroatoms. The standard InChI is InChI=1S/C13H11N3O/c1-10-6-7-11(17-10)8-15-16-9-14-12-4-2-3-5-13(12)16/h2-9H,1H3/b15-8-. The van der Waals surface area contributed by atoms with E-state index in [1.807, 2.05) is 43.3 Å². The van der Waals surface area contributed by atoms with Crippen molar-refractivity contribution < 1.29 is 4.42 Å². The van der Waals surface area contributed by atoms with Gasteiger partial charge in [-0.15, -0.1) is 0 Å². The van der Waals surface area contributed by atoms with Crippen LogP contribution in [0, 0.1) is 6.92 Å². The second kappa shape index (κ2) is 3.90. The van der Waals surface area contributed by atoms with Gasteiger partial charge >= 0.3 is 0 Å². The summed E-state index contributed by atoms with van der Waals surface area (Å²) in [6.07, 6.45) is 3.37. The third kappa shape index (κ3) is 1.85. The number of benzene rings is 1. The van der Waals surface area contributed by atoms with Gasteiger partial charge in [0.05, 0.1) is 17.2 Å². The first-order chi connectivity index (χ1) is 8.33. The Balaban J connectivity index is 1.97. The maximum atomic E-state index is 5.41. The Labute approximate surface area is 98.2 Å². The smallest absolute Gasteiger partial charge is 0.147 e. The fourth-order valence-electron chi connectivity index (χ4n) is 1.68. The summed E-state index contributed by atoms with van der Waals surface area (Å²) in [6, 6.07) is 11.7. The fourth-order valence-corrected chi connectivity index (χ4v) is 1.68. The highest BCUT2D eigenvalue weighted by molar-refractivity contribution is 5.78. The molecule has 4 nitrogen and oxygen atoms in total. The van der Waals surface area contributed by atoms with E-state index in [0.717, 1.165) is 22.6 Å². The highest BCUT2D eigenvalue weighted by Crippen LogP contribution is 2.11. The minimum atomic E-state index is 0.736. The topological polar surface area (TPSA) is 43.3 Å². The molecule has 1 aromatic carbocycles. The van der Waals surface area contributed by atoms with Crippen LogP contribution in [0.5, 0.6) is 0 Å². The quantitative estimate of drug-likeness (QED) is 0.629. The molecule has 84 valence electrons. The van der Waals surface area contributed by atoms with Crippen molar-refractivity contribution in [2.75, 3.05) is 0 Å². The predicted molar refractivity (Wildman–Crippen MR) is 66.2 cm³/mol. The first-order valence-corrected chi connectivity index (χ1v) is 5.36. The predicted octanol–water partition coefficient (Wildman–Crippen LogP) is 2.82. The molecule has 0 saturated carbocycles. The van der Waals surface area contributed by atoms with E-state index in [1.54, 1.807) is 17.2 Å². The summed E-state index contributed by atoms with van der Waals surface area (Å²) in [7, 11) is 0. The molecule has 3 rings (SSSR count). The molecule has 2 aromatic heterocycles. The lowest BCUT2D eigenvalue weighted by molar-refractivity contribution is 0.527. The van der Waals surface area contributed by atoms with Crippen LogP contribution in [0.25, 0.3) is 11.0 Å². The average Bonchev–Trinajstić information content (AvgIpc) is 2.93. The molecule has 0 radical (unpaired) electrons. The van der Waals surface area contributed by atoms with Crippen LogP contribution in [0.2, 0.25) is 0 Å². The van der Waals surface area contributed by atoms with Crippen LogP contribution in [0.15, 0.2) is 52.2 Å². The van der Waals surface area contributed by atoms with Crippen LogP contribution in [-0.4, -0.2) is 15.9 Å². The van der Waals surface area contributed by atoms with Crippen molar-refractivity contribution >= 4 is 17.2 Å². The minimum absolute atomic E-state index is 0.736. The summed E-state index contributed by atoms with van der Waals surface area (Å²) in [5.41, 5.74) is 1.91. The molecule has 0 spiro atoms. The fraction of sp³-hybridized carbons (Fsp3) is 0.0769. The van der Waals surface area contributed by atoms with E-state index in [2.05, 4.69) is 10.1 Å². The van der Waals surface area contributed by atoms with E-state index in [4.69, 9.17) is 4.42 Å². The van der Waals surface area contributed by atoms with Crippen LogP contribution >= 0.6 is 0 Å². The third-order valence-electron chi connectivity index (χ3n) is 2.51. The van der Waals surface area contributed by atoms with Crippen LogP contribution in [0.1, 0.15) is 11.5 Å². The summed E-state index contributed by atoms with van der Waals surface area (Å²) in [6.45, 7) is 1.91.